The number of carbonyl (C=O) groups excluding carboxylic acids is 1. The summed E-state index contributed by atoms with van der Waals surface area (Å²) < 4.78 is 0. The number of hydrogen-bond donors (Lipinski definition) is 1. The van der Waals surface area contributed by atoms with Crippen LogP contribution in [0.4, 0.5) is 5.69 Å². The highest BCUT2D eigenvalue weighted by molar-refractivity contribution is 5.78. The molecule has 4 rings (SSSR count). The SMILES string of the molecule is Cc1cccc(N2CCN(CC(=O)NC3CCN(Cc4ccccc4)CC3)CC2)c1C. The van der Waals surface area contributed by atoms with Crippen LogP contribution in [0.1, 0.15) is 29.5 Å². The van der Waals surface area contributed by atoms with Crippen molar-refractivity contribution < 1.29 is 4.79 Å². The van der Waals surface area contributed by atoms with Gasteiger partial charge in [-0.15, -0.1) is 0 Å². The second-order valence-electron chi connectivity index (χ2n) is 9.09. The van der Waals surface area contributed by atoms with Crippen molar-refractivity contribution in [2.75, 3.05) is 50.7 Å². The number of aryl methyl sites for hydroxylation is 1. The zero-order valence-corrected chi connectivity index (χ0v) is 19.0. The highest BCUT2D eigenvalue weighted by Crippen LogP contribution is 2.23. The van der Waals surface area contributed by atoms with E-state index in [-0.39, 0.29) is 5.91 Å². The first-order valence-corrected chi connectivity index (χ1v) is 11.7. The van der Waals surface area contributed by atoms with Gasteiger partial charge >= 0.3 is 0 Å². The number of likely N-dealkylation sites (tertiary alicyclic amines) is 1. The van der Waals surface area contributed by atoms with Gasteiger partial charge in [-0.1, -0.05) is 42.5 Å². The zero-order valence-electron chi connectivity index (χ0n) is 19.0. The Balaban J connectivity index is 1.17. The quantitative estimate of drug-likeness (QED) is 0.779. The molecule has 2 aliphatic rings. The predicted octanol–water partition coefficient (Wildman–Crippen LogP) is 3.21. The molecule has 5 heteroatoms. The van der Waals surface area contributed by atoms with Crippen LogP contribution < -0.4 is 10.2 Å². The van der Waals surface area contributed by atoms with Crippen LogP contribution in [0.15, 0.2) is 48.5 Å². The maximum absolute atomic E-state index is 12.6. The summed E-state index contributed by atoms with van der Waals surface area (Å²) >= 11 is 0. The average molecular weight is 421 g/mol. The summed E-state index contributed by atoms with van der Waals surface area (Å²) in [6, 6.07) is 17.5. The molecule has 0 aromatic heterocycles. The summed E-state index contributed by atoms with van der Waals surface area (Å²) in [5, 5.41) is 3.29. The molecule has 2 heterocycles. The molecule has 5 nitrogen and oxygen atoms in total. The molecule has 2 aliphatic heterocycles. The minimum atomic E-state index is 0.182. The van der Waals surface area contributed by atoms with Crippen LogP contribution in [0.2, 0.25) is 0 Å². The van der Waals surface area contributed by atoms with Crippen molar-refractivity contribution in [3.05, 3.63) is 65.2 Å². The van der Waals surface area contributed by atoms with Crippen molar-refractivity contribution in [1.82, 2.24) is 15.1 Å². The Morgan fingerprint density at radius 2 is 1.58 bits per heavy atom. The zero-order chi connectivity index (χ0) is 21.6. The van der Waals surface area contributed by atoms with Crippen LogP contribution in [0, 0.1) is 13.8 Å². The average Bonchev–Trinajstić information content (AvgIpc) is 2.78. The van der Waals surface area contributed by atoms with E-state index in [1.807, 2.05) is 0 Å². The maximum atomic E-state index is 12.6. The number of amides is 1. The molecule has 0 bridgehead atoms. The van der Waals surface area contributed by atoms with Crippen molar-refractivity contribution in [3.8, 4) is 0 Å². The molecule has 2 aromatic rings. The number of rotatable bonds is 6. The first kappa shape index (κ1) is 21.8. The molecule has 1 N–H and O–H groups in total. The summed E-state index contributed by atoms with van der Waals surface area (Å²) in [6.07, 6.45) is 2.08. The van der Waals surface area contributed by atoms with E-state index in [0.29, 0.717) is 12.6 Å². The number of nitrogens with one attached hydrogen (secondary N) is 1. The van der Waals surface area contributed by atoms with E-state index < -0.39 is 0 Å². The molecule has 0 spiro atoms. The highest BCUT2D eigenvalue weighted by Gasteiger charge is 2.24. The van der Waals surface area contributed by atoms with Gasteiger partial charge in [0.1, 0.15) is 0 Å². The second-order valence-corrected chi connectivity index (χ2v) is 9.09. The molecule has 2 aromatic carbocycles. The number of piperazine rings is 1. The number of anilines is 1. The van der Waals surface area contributed by atoms with Crippen molar-refractivity contribution in [2.24, 2.45) is 0 Å². The molecule has 1 amide bonds. The highest BCUT2D eigenvalue weighted by atomic mass is 16.2. The number of piperidine rings is 1. The monoisotopic (exact) mass is 420 g/mol. The Morgan fingerprint density at radius 1 is 0.871 bits per heavy atom. The lowest BCUT2D eigenvalue weighted by molar-refractivity contribution is -0.123. The molecule has 0 atom stereocenters. The first-order valence-electron chi connectivity index (χ1n) is 11.7. The third kappa shape index (κ3) is 5.86. The van der Waals surface area contributed by atoms with Crippen molar-refractivity contribution in [2.45, 2.75) is 39.3 Å². The fourth-order valence-electron chi connectivity index (χ4n) is 4.78. The van der Waals surface area contributed by atoms with Crippen LogP contribution in [0.3, 0.4) is 0 Å². The lowest BCUT2D eigenvalue weighted by Gasteiger charge is -2.37. The lowest BCUT2D eigenvalue weighted by Crippen LogP contribution is -2.51. The Kier molecular flexibility index (Phi) is 7.25. The Hall–Kier alpha value is -2.37. The Bertz CT molecular complexity index is 853. The molecule has 0 unspecified atom stereocenters. The van der Waals surface area contributed by atoms with Crippen LogP contribution in [0.25, 0.3) is 0 Å². The van der Waals surface area contributed by atoms with E-state index in [1.165, 1.54) is 22.4 Å². The van der Waals surface area contributed by atoms with Gasteiger partial charge in [0.05, 0.1) is 6.54 Å². The largest absolute Gasteiger partial charge is 0.369 e. The minimum Gasteiger partial charge on any atom is -0.369 e. The number of benzene rings is 2. The van der Waals surface area contributed by atoms with Crippen LogP contribution >= 0.6 is 0 Å². The van der Waals surface area contributed by atoms with Gasteiger partial charge in [0.2, 0.25) is 5.91 Å². The molecule has 31 heavy (non-hydrogen) atoms. The van der Waals surface area contributed by atoms with Crippen LogP contribution in [-0.4, -0.2) is 67.6 Å². The van der Waals surface area contributed by atoms with E-state index in [9.17, 15) is 4.79 Å². The smallest absolute Gasteiger partial charge is 0.234 e. The molecule has 2 fully saturated rings. The van der Waals surface area contributed by atoms with Gasteiger partial charge < -0.3 is 10.2 Å². The van der Waals surface area contributed by atoms with E-state index in [2.05, 4.69) is 82.4 Å². The molecule has 0 aliphatic carbocycles. The number of hydrogen-bond acceptors (Lipinski definition) is 4. The predicted molar refractivity (Wildman–Crippen MR) is 127 cm³/mol. The third-order valence-electron chi connectivity index (χ3n) is 6.86. The van der Waals surface area contributed by atoms with Crippen molar-refractivity contribution >= 4 is 11.6 Å². The van der Waals surface area contributed by atoms with Gasteiger partial charge in [-0.05, 0) is 49.4 Å². The number of carbonyl (C=O) groups is 1. The summed E-state index contributed by atoms with van der Waals surface area (Å²) in [7, 11) is 0. The maximum Gasteiger partial charge on any atom is 0.234 e. The van der Waals surface area contributed by atoms with Crippen LogP contribution in [0.5, 0.6) is 0 Å². The molecule has 0 saturated carbocycles. The van der Waals surface area contributed by atoms with Gasteiger partial charge in [0, 0.05) is 57.5 Å². The fourth-order valence-corrected chi connectivity index (χ4v) is 4.78. The van der Waals surface area contributed by atoms with Crippen LogP contribution in [-0.2, 0) is 11.3 Å². The van der Waals surface area contributed by atoms with E-state index in [1.54, 1.807) is 0 Å². The Morgan fingerprint density at radius 3 is 2.29 bits per heavy atom. The normalized spacial score (nSPS) is 18.8. The van der Waals surface area contributed by atoms with Gasteiger partial charge in [-0.2, -0.15) is 0 Å². The van der Waals surface area contributed by atoms with Crippen molar-refractivity contribution in [3.63, 3.8) is 0 Å². The summed E-state index contributed by atoms with van der Waals surface area (Å²) in [6.45, 7) is 11.8. The standard InChI is InChI=1S/C26H36N4O/c1-21-7-6-10-25(22(21)2)30-17-15-29(16-18-30)20-26(31)27-24-11-13-28(14-12-24)19-23-8-4-3-5-9-23/h3-10,24H,11-20H2,1-2H3,(H,27,31). The van der Waals surface area contributed by atoms with Crippen molar-refractivity contribution in [1.29, 1.82) is 0 Å². The molecular weight excluding hydrogens is 384 g/mol. The second kappa shape index (κ2) is 10.3. The number of nitrogens with zero attached hydrogens (tertiary/aromatic N) is 3. The molecule has 166 valence electrons. The van der Waals surface area contributed by atoms with Gasteiger partial charge in [0.15, 0.2) is 0 Å². The summed E-state index contributed by atoms with van der Waals surface area (Å²) in [4.78, 5) is 19.9. The lowest BCUT2D eigenvalue weighted by atomic mass is 10.0. The Labute approximate surface area is 187 Å². The summed E-state index contributed by atoms with van der Waals surface area (Å²) in [5.74, 6) is 0.182. The van der Waals surface area contributed by atoms with E-state index >= 15 is 0 Å². The first-order chi connectivity index (χ1) is 15.1. The molecule has 2 saturated heterocycles. The molecular formula is C26H36N4O. The van der Waals surface area contributed by atoms with E-state index in [0.717, 1.165) is 58.7 Å². The van der Waals surface area contributed by atoms with Gasteiger partial charge in [-0.3, -0.25) is 14.6 Å². The van der Waals surface area contributed by atoms with E-state index in [4.69, 9.17) is 0 Å². The fraction of sp³-hybridized carbons (Fsp3) is 0.500. The van der Waals surface area contributed by atoms with Gasteiger partial charge in [0.25, 0.3) is 0 Å². The summed E-state index contributed by atoms with van der Waals surface area (Å²) in [5.41, 5.74) is 5.41. The molecule has 0 radical (unpaired) electrons. The third-order valence-corrected chi connectivity index (χ3v) is 6.86. The van der Waals surface area contributed by atoms with Gasteiger partial charge in [-0.25, -0.2) is 0 Å². The minimum absolute atomic E-state index is 0.182. The topological polar surface area (TPSA) is 38.8 Å².